The molecule has 6 heteroatoms. The van der Waals surface area contributed by atoms with Crippen LogP contribution in [-0.2, 0) is 24.1 Å². The van der Waals surface area contributed by atoms with Crippen LogP contribution in [0.1, 0.15) is 16.3 Å². The minimum absolute atomic E-state index is 0.239. The number of rotatable bonds is 3. The average molecular weight is 277 g/mol. The van der Waals surface area contributed by atoms with Gasteiger partial charge in [0.25, 0.3) is 0 Å². The van der Waals surface area contributed by atoms with Crippen LogP contribution in [0.15, 0.2) is 23.8 Å². The van der Waals surface area contributed by atoms with Crippen LogP contribution in [0.2, 0.25) is 0 Å². The molecule has 19 heavy (non-hydrogen) atoms. The molecule has 100 valence electrons. The lowest BCUT2D eigenvalue weighted by molar-refractivity contribution is 0.0983. The number of aromatic amines is 1. The lowest BCUT2D eigenvalue weighted by Crippen LogP contribution is -2.36. The van der Waals surface area contributed by atoms with Gasteiger partial charge in [0.2, 0.25) is 0 Å². The van der Waals surface area contributed by atoms with Crippen LogP contribution in [0.5, 0.6) is 0 Å². The van der Waals surface area contributed by atoms with Gasteiger partial charge in [-0.05, 0) is 11.4 Å². The van der Waals surface area contributed by atoms with E-state index in [1.165, 1.54) is 4.88 Å². The van der Waals surface area contributed by atoms with Gasteiger partial charge in [-0.1, -0.05) is 6.07 Å². The van der Waals surface area contributed by atoms with Crippen LogP contribution < -0.4 is 0 Å². The molecular weight excluding hydrogens is 262 g/mol. The first-order chi connectivity index (χ1) is 9.33. The van der Waals surface area contributed by atoms with E-state index in [9.17, 15) is 4.79 Å². The maximum absolute atomic E-state index is 11.9. The van der Waals surface area contributed by atoms with Crippen molar-refractivity contribution in [2.24, 2.45) is 0 Å². The van der Waals surface area contributed by atoms with E-state index >= 15 is 0 Å². The fourth-order valence-electron chi connectivity index (χ4n) is 2.15. The second-order valence-corrected chi connectivity index (χ2v) is 5.48. The lowest BCUT2D eigenvalue weighted by atomic mass is 10.1. The van der Waals surface area contributed by atoms with Crippen LogP contribution in [-0.4, -0.2) is 34.1 Å². The Bertz CT molecular complexity index is 550. The van der Waals surface area contributed by atoms with E-state index in [0.717, 1.165) is 24.2 Å². The molecule has 0 atom stereocenters. The van der Waals surface area contributed by atoms with Gasteiger partial charge in [-0.3, -0.25) is 0 Å². The minimum atomic E-state index is -0.239. The van der Waals surface area contributed by atoms with E-state index in [2.05, 4.69) is 16.0 Å². The van der Waals surface area contributed by atoms with Crippen molar-refractivity contribution in [1.82, 2.24) is 14.9 Å². The Morgan fingerprint density at radius 3 is 3.37 bits per heavy atom. The molecule has 0 radical (unpaired) electrons. The number of nitrogens with one attached hydrogen (secondary N) is 1. The predicted octanol–water partition coefficient (Wildman–Crippen LogP) is 2.21. The summed E-state index contributed by atoms with van der Waals surface area (Å²) in [7, 11) is 0. The summed E-state index contributed by atoms with van der Waals surface area (Å²) in [6.07, 6.45) is 3.01. The molecule has 2 aromatic rings. The second-order valence-electron chi connectivity index (χ2n) is 4.44. The van der Waals surface area contributed by atoms with Gasteiger partial charge in [-0.15, -0.1) is 11.3 Å². The number of carbonyl (C=O) groups excluding carboxylic acids is 1. The standard InChI is InChI=1S/C13H15N3O2S/c17-13(18-6-4-10-2-1-7-19-10)16-5-3-11-12(8-16)15-9-14-11/h1-2,7,9H,3-6,8H2,(H,14,15). The average Bonchev–Trinajstić information content (AvgIpc) is 3.08. The zero-order chi connectivity index (χ0) is 13.1. The summed E-state index contributed by atoms with van der Waals surface area (Å²) in [5.74, 6) is 0. The highest BCUT2D eigenvalue weighted by atomic mass is 32.1. The van der Waals surface area contributed by atoms with Gasteiger partial charge >= 0.3 is 6.09 Å². The third-order valence-electron chi connectivity index (χ3n) is 3.19. The lowest BCUT2D eigenvalue weighted by Gasteiger charge is -2.25. The summed E-state index contributed by atoms with van der Waals surface area (Å²) in [6, 6.07) is 4.06. The summed E-state index contributed by atoms with van der Waals surface area (Å²) < 4.78 is 5.31. The SMILES string of the molecule is O=C(OCCc1cccs1)N1CCc2nc[nH]c2C1. The number of imidazole rings is 1. The van der Waals surface area contributed by atoms with Crippen LogP contribution in [0, 0.1) is 0 Å². The molecule has 0 aliphatic carbocycles. The van der Waals surface area contributed by atoms with Gasteiger partial charge in [-0.2, -0.15) is 0 Å². The third-order valence-corrected chi connectivity index (χ3v) is 4.12. The summed E-state index contributed by atoms with van der Waals surface area (Å²) >= 11 is 1.68. The smallest absolute Gasteiger partial charge is 0.410 e. The normalized spacial score (nSPS) is 14.2. The Balaban J connectivity index is 1.49. The van der Waals surface area contributed by atoms with Crippen molar-refractivity contribution in [1.29, 1.82) is 0 Å². The molecule has 2 aromatic heterocycles. The van der Waals surface area contributed by atoms with Crippen LogP contribution in [0.25, 0.3) is 0 Å². The monoisotopic (exact) mass is 277 g/mol. The maximum atomic E-state index is 11.9. The molecule has 0 fully saturated rings. The number of H-pyrrole nitrogens is 1. The van der Waals surface area contributed by atoms with E-state index < -0.39 is 0 Å². The van der Waals surface area contributed by atoms with E-state index in [0.29, 0.717) is 19.7 Å². The molecule has 0 saturated carbocycles. The van der Waals surface area contributed by atoms with Crippen molar-refractivity contribution in [3.05, 3.63) is 40.1 Å². The topological polar surface area (TPSA) is 58.2 Å². The number of nitrogens with zero attached hydrogens (tertiary/aromatic N) is 2. The highest BCUT2D eigenvalue weighted by molar-refractivity contribution is 7.09. The summed E-state index contributed by atoms with van der Waals surface area (Å²) in [6.45, 7) is 1.68. The van der Waals surface area contributed by atoms with Crippen LogP contribution >= 0.6 is 11.3 Å². The van der Waals surface area contributed by atoms with Gasteiger partial charge in [0.15, 0.2) is 0 Å². The van der Waals surface area contributed by atoms with Gasteiger partial charge in [-0.25, -0.2) is 9.78 Å². The predicted molar refractivity (Wildman–Crippen MR) is 72.1 cm³/mol. The van der Waals surface area contributed by atoms with E-state index in [1.54, 1.807) is 22.6 Å². The number of amides is 1. The number of hydrogen-bond donors (Lipinski definition) is 1. The minimum Gasteiger partial charge on any atom is -0.449 e. The summed E-state index contributed by atoms with van der Waals surface area (Å²) in [5.41, 5.74) is 2.07. The Hall–Kier alpha value is -1.82. The van der Waals surface area contributed by atoms with Crippen molar-refractivity contribution in [2.75, 3.05) is 13.2 Å². The van der Waals surface area contributed by atoms with Gasteiger partial charge in [0.1, 0.15) is 0 Å². The quantitative estimate of drug-likeness (QED) is 0.935. The van der Waals surface area contributed by atoms with Gasteiger partial charge < -0.3 is 14.6 Å². The third kappa shape index (κ3) is 2.78. The molecule has 5 nitrogen and oxygen atoms in total. The van der Waals surface area contributed by atoms with Crippen LogP contribution in [0.4, 0.5) is 4.79 Å². The molecule has 1 aliphatic rings. The number of thiophene rings is 1. The Morgan fingerprint density at radius 1 is 1.58 bits per heavy atom. The second kappa shape index (κ2) is 5.44. The van der Waals surface area contributed by atoms with Crippen molar-refractivity contribution >= 4 is 17.4 Å². The Morgan fingerprint density at radius 2 is 2.53 bits per heavy atom. The molecule has 1 aliphatic heterocycles. The van der Waals surface area contributed by atoms with Crippen molar-refractivity contribution in [2.45, 2.75) is 19.4 Å². The van der Waals surface area contributed by atoms with E-state index in [-0.39, 0.29) is 6.09 Å². The molecule has 3 rings (SSSR count). The molecule has 0 saturated heterocycles. The fraction of sp³-hybridized carbons (Fsp3) is 0.385. The Labute approximate surface area is 115 Å². The van der Waals surface area contributed by atoms with Gasteiger partial charge in [0, 0.05) is 24.3 Å². The zero-order valence-corrected chi connectivity index (χ0v) is 11.3. The van der Waals surface area contributed by atoms with Crippen LogP contribution in [0.3, 0.4) is 0 Å². The summed E-state index contributed by atoms with van der Waals surface area (Å²) in [4.78, 5) is 22.2. The largest absolute Gasteiger partial charge is 0.449 e. The van der Waals surface area contributed by atoms with Crippen molar-refractivity contribution in [3.8, 4) is 0 Å². The van der Waals surface area contributed by atoms with Crippen molar-refractivity contribution in [3.63, 3.8) is 0 Å². The molecule has 0 spiro atoms. The fourth-order valence-corrected chi connectivity index (χ4v) is 2.84. The zero-order valence-electron chi connectivity index (χ0n) is 10.5. The number of aromatic nitrogens is 2. The number of hydrogen-bond acceptors (Lipinski definition) is 4. The highest BCUT2D eigenvalue weighted by Crippen LogP contribution is 2.16. The first-order valence-electron chi connectivity index (χ1n) is 6.28. The van der Waals surface area contributed by atoms with Gasteiger partial charge in [0.05, 0.1) is 30.9 Å². The highest BCUT2D eigenvalue weighted by Gasteiger charge is 2.23. The molecule has 1 amide bonds. The number of fused-ring (bicyclic) bond motifs is 1. The molecule has 1 N–H and O–H groups in total. The summed E-state index contributed by atoms with van der Waals surface area (Å²) in [5, 5.41) is 2.03. The molecular formula is C13H15N3O2S. The maximum Gasteiger partial charge on any atom is 0.410 e. The Kier molecular flexibility index (Phi) is 3.50. The van der Waals surface area contributed by atoms with E-state index in [4.69, 9.17) is 4.74 Å². The van der Waals surface area contributed by atoms with E-state index in [1.807, 2.05) is 11.4 Å². The molecule has 3 heterocycles. The molecule has 0 unspecified atom stereocenters. The van der Waals surface area contributed by atoms with Crippen molar-refractivity contribution < 1.29 is 9.53 Å². The first kappa shape index (κ1) is 12.2. The molecule has 0 aromatic carbocycles. The number of carbonyl (C=O) groups is 1. The molecule has 0 bridgehead atoms. The first-order valence-corrected chi connectivity index (χ1v) is 7.16. The number of ether oxygens (including phenoxy) is 1.